The third-order valence-corrected chi connectivity index (χ3v) is 6.41. The van der Waals surface area contributed by atoms with Gasteiger partial charge in [-0.1, -0.05) is 45.0 Å². The highest BCUT2D eigenvalue weighted by Crippen LogP contribution is 2.33. The fourth-order valence-corrected chi connectivity index (χ4v) is 3.51. The van der Waals surface area contributed by atoms with Crippen LogP contribution in [0.4, 0.5) is 0 Å². The second-order valence-electron chi connectivity index (χ2n) is 9.87. The molecule has 0 aliphatic heterocycles. The summed E-state index contributed by atoms with van der Waals surface area (Å²) in [7, 11) is 0. The van der Waals surface area contributed by atoms with Crippen LogP contribution in [0, 0.1) is 0 Å². The highest BCUT2D eigenvalue weighted by molar-refractivity contribution is 5.41. The van der Waals surface area contributed by atoms with E-state index in [9.17, 15) is 10.2 Å². The molecule has 0 amide bonds. The maximum absolute atomic E-state index is 10.1. The van der Waals surface area contributed by atoms with Crippen LogP contribution in [0.1, 0.15) is 52.2 Å². The van der Waals surface area contributed by atoms with Gasteiger partial charge in [0.2, 0.25) is 0 Å². The van der Waals surface area contributed by atoms with Gasteiger partial charge in [0.05, 0.1) is 0 Å². The molecule has 2 rings (SSSR count). The number of nitrogens with one attached hydrogen (secondary N) is 2. The van der Waals surface area contributed by atoms with Crippen molar-refractivity contribution < 1.29 is 19.7 Å². The van der Waals surface area contributed by atoms with Gasteiger partial charge in [0.25, 0.3) is 0 Å². The minimum absolute atomic E-state index is 0.162. The zero-order valence-corrected chi connectivity index (χ0v) is 22.0. The standard InChI is InChI=1S/C28H45N3O4/c1-6-20(2)30-16-24(32)18-34-26-11-7-22(8-12-26)28(4,5)23-9-13-27(14-10-23)35-19-25(33)17-31-21(3)15-29/h7-14,20-21,24-25,30-33H,6,15-19,29H2,1-5H3. The number of nitrogens with two attached hydrogens (primary N) is 1. The van der Waals surface area contributed by atoms with E-state index in [1.54, 1.807) is 0 Å². The van der Waals surface area contributed by atoms with E-state index in [4.69, 9.17) is 15.2 Å². The van der Waals surface area contributed by atoms with Gasteiger partial charge in [-0.05, 0) is 55.7 Å². The van der Waals surface area contributed by atoms with Crippen LogP contribution in [-0.2, 0) is 5.41 Å². The Labute approximate surface area is 211 Å². The van der Waals surface area contributed by atoms with E-state index in [1.165, 1.54) is 0 Å². The number of hydrogen-bond donors (Lipinski definition) is 5. The van der Waals surface area contributed by atoms with Crippen molar-refractivity contribution in [3.63, 3.8) is 0 Å². The van der Waals surface area contributed by atoms with E-state index < -0.39 is 12.2 Å². The molecule has 2 aromatic carbocycles. The average molecular weight is 488 g/mol. The predicted molar refractivity (Wildman–Crippen MR) is 142 cm³/mol. The number of rotatable bonds is 16. The molecule has 0 aromatic heterocycles. The lowest BCUT2D eigenvalue weighted by Gasteiger charge is -2.26. The third kappa shape index (κ3) is 9.78. The van der Waals surface area contributed by atoms with Crippen LogP contribution in [0.15, 0.2) is 48.5 Å². The van der Waals surface area contributed by atoms with Crippen LogP contribution in [0.25, 0.3) is 0 Å². The highest BCUT2D eigenvalue weighted by Gasteiger charge is 2.23. The molecule has 0 aliphatic carbocycles. The summed E-state index contributed by atoms with van der Waals surface area (Å²) >= 11 is 0. The molecule has 196 valence electrons. The first-order valence-corrected chi connectivity index (χ1v) is 12.6. The van der Waals surface area contributed by atoms with Crippen LogP contribution in [-0.4, -0.2) is 67.4 Å². The summed E-state index contributed by atoms with van der Waals surface area (Å²) in [6.45, 7) is 12.5. The molecule has 0 fully saturated rings. The maximum Gasteiger partial charge on any atom is 0.119 e. The topological polar surface area (TPSA) is 109 Å². The normalized spacial score (nSPS) is 15.3. The Morgan fingerprint density at radius 3 is 1.54 bits per heavy atom. The van der Waals surface area contributed by atoms with Crippen LogP contribution in [0.5, 0.6) is 11.5 Å². The number of ether oxygens (including phenoxy) is 2. The molecule has 35 heavy (non-hydrogen) atoms. The second kappa shape index (κ2) is 14.4. The molecule has 4 unspecified atom stereocenters. The summed E-state index contributed by atoms with van der Waals surface area (Å²) in [4.78, 5) is 0. The van der Waals surface area contributed by atoms with Gasteiger partial charge < -0.3 is 36.1 Å². The van der Waals surface area contributed by atoms with Gasteiger partial charge in [0.1, 0.15) is 36.9 Å². The van der Waals surface area contributed by atoms with Crippen molar-refractivity contribution in [2.45, 2.75) is 70.7 Å². The fourth-order valence-electron chi connectivity index (χ4n) is 3.51. The number of hydrogen-bond acceptors (Lipinski definition) is 7. The lowest BCUT2D eigenvalue weighted by molar-refractivity contribution is 0.104. The zero-order chi connectivity index (χ0) is 25.8. The van der Waals surface area contributed by atoms with E-state index in [1.807, 2.05) is 31.2 Å². The maximum atomic E-state index is 10.1. The van der Waals surface area contributed by atoms with E-state index in [-0.39, 0.29) is 24.7 Å². The van der Waals surface area contributed by atoms with Crippen LogP contribution in [0.2, 0.25) is 0 Å². The van der Waals surface area contributed by atoms with Crippen LogP contribution >= 0.6 is 0 Å². The SMILES string of the molecule is CCC(C)NCC(O)COc1ccc(C(C)(C)c2ccc(OCC(O)CNC(C)CN)cc2)cc1. The van der Waals surface area contributed by atoms with Gasteiger partial charge >= 0.3 is 0 Å². The first-order chi connectivity index (χ1) is 16.6. The molecule has 2 aromatic rings. The summed E-state index contributed by atoms with van der Waals surface area (Å²) < 4.78 is 11.5. The molecule has 0 bridgehead atoms. The van der Waals surface area contributed by atoms with Crippen molar-refractivity contribution in [3.05, 3.63) is 59.7 Å². The first-order valence-electron chi connectivity index (χ1n) is 12.6. The molecular formula is C28H45N3O4. The second-order valence-corrected chi connectivity index (χ2v) is 9.87. The quantitative estimate of drug-likeness (QED) is 0.248. The number of aliphatic hydroxyl groups excluding tert-OH is 2. The van der Waals surface area contributed by atoms with Gasteiger partial charge in [-0.15, -0.1) is 0 Å². The Bertz CT molecular complexity index is 773. The van der Waals surface area contributed by atoms with E-state index in [0.717, 1.165) is 29.0 Å². The molecule has 0 aliphatic rings. The Hall–Kier alpha value is -2.16. The molecule has 6 N–H and O–H groups in total. The number of aliphatic hydroxyl groups is 2. The minimum Gasteiger partial charge on any atom is -0.491 e. The van der Waals surface area contributed by atoms with Crippen LogP contribution in [0.3, 0.4) is 0 Å². The van der Waals surface area contributed by atoms with Crippen LogP contribution < -0.4 is 25.8 Å². The summed E-state index contributed by atoms with van der Waals surface area (Å²) in [5.41, 5.74) is 7.68. The van der Waals surface area contributed by atoms with Gasteiger partial charge in [-0.2, -0.15) is 0 Å². The average Bonchev–Trinajstić information content (AvgIpc) is 2.88. The van der Waals surface area contributed by atoms with Gasteiger partial charge in [0.15, 0.2) is 0 Å². The van der Waals surface area contributed by atoms with E-state index in [2.05, 4.69) is 62.6 Å². The molecule has 0 saturated carbocycles. The Balaban J connectivity index is 1.87. The Kier molecular flexibility index (Phi) is 12.0. The summed E-state index contributed by atoms with van der Waals surface area (Å²) in [6, 6.07) is 16.6. The predicted octanol–water partition coefficient (Wildman–Crippen LogP) is 2.82. The molecular weight excluding hydrogens is 442 g/mol. The third-order valence-electron chi connectivity index (χ3n) is 6.41. The molecule has 7 heteroatoms. The monoisotopic (exact) mass is 487 g/mol. The summed E-state index contributed by atoms with van der Waals surface area (Å²) in [6.07, 6.45) is -0.123. The minimum atomic E-state index is -0.599. The fraction of sp³-hybridized carbons (Fsp3) is 0.571. The lowest BCUT2D eigenvalue weighted by atomic mass is 9.78. The largest absolute Gasteiger partial charge is 0.491 e. The van der Waals surface area contributed by atoms with Crippen molar-refractivity contribution >= 4 is 0 Å². The van der Waals surface area contributed by atoms with Crippen molar-refractivity contribution in [2.75, 3.05) is 32.8 Å². The van der Waals surface area contributed by atoms with E-state index in [0.29, 0.717) is 25.7 Å². The van der Waals surface area contributed by atoms with Gasteiger partial charge in [-0.3, -0.25) is 0 Å². The summed E-state index contributed by atoms with van der Waals surface area (Å²) in [5, 5.41) is 26.7. The molecule has 0 radical (unpaired) electrons. The van der Waals surface area contributed by atoms with E-state index >= 15 is 0 Å². The Morgan fingerprint density at radius 1 is 0.771 bits per heavy atom. The summed E-state index contributed by atoms with van der Waals surface area (Å²) in [5.74, 6) is 1.46. The smallest absolute Gasteiger partial charge is 0.119 e. The molecule has 4 atom stereocenters. The Morgan fingerprint density at radius 2 is 1.17 bits per heavy atom. The van der Waals surface area contributed by atoms with Crippen molar-refractivity contribution in [2.24, 2.45) is 5.73 Å². The highest BCUT2D eigenvalue weighted by atomic mass is 16.5. The number of benzene rings is 2. The zero-order valence-electron chi connectivity index (χ0n) is 22.0. The van der Waals surface area contributed by atoms with Gasteiger partial charge in [0, 0.05) is 37.1 Å². The van der Waals surface area contributed by atoms with Crippen molar-refractivity contribution in [1.82, 2.24) is 10.6 Å². The lowest BCUT2D eigenvalue weighted by Crippen LogP contribution is -2.40. The first kappa shape index (κ1) is 29.1. The van der Waals surface area contributed by atoms with Gasteiger partial charge in [-0.25, -0.2) is 0 Å². The molecule has 0 heterocycles. The van der Waals surface area contributed by atoms with Crippen molar-refractivity contribution in [1.29, 1.82) is 0 Å². The molecule has 7 nitrogen and oxygen atoms in total. The molecule has 0 saturated heterocycles. The molecule has 0 spiro atoms. The van der Waals surface area contributed by atoms with Crippen molar-refractivity contribution in [3.8, 4) is 11.5 Å².